The fraction of sp³-hybridized carbons (Fsp3) is 0.533. The maximum Gasteiger partial charge on any atom is 0.407 e. The number of alkyl carbamates (subject to hydrolysis) is 1. The van der Waals surface area contributed by atoms with Crippen molar-refractivity contribution in [3.05, 3.63) is 33.8 Å². The third kappa shape index (κ3) is 7.02. The van der Waals surface area contributed by atoms with Gasteiger partial charge >= 0.3 is 6.09 Å². The van der Waals surface area contributed by atoms with Crippen LogP contribution in [0.2, 0.25) is 10.0 Å². The highest BCUT2D eigenvalue weighted by Crippen LogP contribution is 2.25. The second-order valence-corrected chi connectivity index (χ2v) is 6.66. The summed E-state index contributed by atoms with van der Waals surface area (Å²) in [7, 11) is 0. The summed E-state index contributed by atoms with van der Waals surface area (Å²) in [5, 5.41) is 7.08. The van der Waals surface area contributed by atoms with Gasteiger partial charge in [-0.15, -0.1) is 0 Å². The van der Waals surface area contributed by atoms with Gasteiger partial charge in [-0.2, -0.15) is 0 Å². The predicted octanol–water partition coefficient (Wildman–Crippen LogP) is 4.00. The number of nitrogens with one attached hydrogen (secondary N) is 2. The van der Waals surface area contributed by atoms with Crippen LogP contribution < -0.4 is 10.6 Å². The van der Waals surface area contributed by atoms with E-state index in [-0.39, 0.29) is 6.04 Å². The fourth-order valence-electron chi connectivity index (χ4n) is 1.59. The summed E-state index contributed by atoms with van der Waals surface area (Å²) >= 11 is 12.1. The van der Waals surface area contributed by atoms with Crippen molar-refractivity contribution in [3.63, 3.8) is 0 Å². The molecule has 6 heteroatoms. The van der Waals surface area contributed by atoms with Crippen LogP contribution in [-0.4, -0.2) is 24.3 Å². The minimum atomic E-state index is -0.491. The highest BCUT2D eigenvalue weighted by atomic mass is 35.5. The number of carbonyl (C=O) groups is 1. The summed E-state index contributed by atoms with van der Waals surface area (Å²) in [5.74, 6) is 0. The smallest absolute Gasteiger partial charge is 0.407 e. The largest absolute Gasteiger partial charge is 0.444 e. The highest BCUT2D eigenvalue weighted by molar-refractivity contribution is 6.42. The minimum Gasteiger partial charge on any atom is -0.444 e. The molecule has 1 rings (SSSR count). The van der Waals surface area contributed by atoms with Gasteiger partial charge in [-0.05, 0) is 39.3 Å². The van der Waals surface area contributed by atoms with Crippen LogP contribution >= 0.6 is 23.2 Å². The average Bonchev–Trinajstić information content (AvgIpc) is 2.36. The Kier molecular flexibility index (Phi) is 6.78. The lowest BCUT2D eigenvalue weighted by Crippen LogP contribution is -2.41. The molecule has 0 saturated carbocycles. The van der Waals surface area contributed by atoms with Crippen LogP contribution in [0.1, 0.15) is 33.3 Å². The number of amides is 1. The first kappa shape index (κ1) is 18.1. The Balaban J connectivity index is 2.36. The maximum atomic E-state index is 11.5. The summed E-state index contributed by atoms with van der Waals surface area (Å²) in [5.41, 5.74) is 0.433. The Labute approximate surface area is 136 Å². The van der Waals surface area contributed by atoms with Gasteiger partial charge < -0.3 is 15.4 Å². The monoisotopic (exact) mass is 332 g/mol. The van der Waals surface area contributed by atoms with Gasteiger partial charge in [-0.3, -0.25) is 0 Å². The molecule has 0 bridgehead atoms. The minimum absolute atomic E-state index is 0.0765. The van der Waals surface area contributed by atoms with Crippen molar-refractivity contribution in [2.75, 3.05) is 6.54 Å². The zero-order valence-electron chi connectivity index (χ0n) is 12.8. The Morgan fingerprint density at radius 1 is 1.33 bits per heavy atom. The second kappa shape index (κ2) is 7.87. The van der Waals surface area contributed by atoms with Crippen LogP contribution in [-0.2, 0) is 11.3 Å². The van der Waals surface area contributed by atoms with E-state index < -0.39 is 11.7 Å². The van der Waals surface area contributed by atoms with Gasteiger partial charge in [0.2, 0.25) is 0 Å². The quantitative estimate of drug-likeness (QED) is 0.856. The number of hydrogen-bond donors (Lipinski definition) is 2. The van der Waals surface area contributed by atoms with E-state index in [1.54, 1.807) is 6.07 Å². The average molecular weight is 333 g/mol. The SMILES string of the molecule is CC(CNC(=O)OC(C)(C)C)NCc1cccc(Cl)c1Cl. The number of rotatable bonds is 5. The van der Waals surface area contributed by atoms with Gasteiger partial charge in [0.05, 0.1) is 10.0 Å². The molecule has 1 aromatic rings. The molecule has 0 radical (unpaired) electrons. The van der Waals surface area contributed by atoms with E-state index in [1.165, 1.54) is 0 Å². The van der Waals surface area contributed by atoms with Crippen LogP contribution in [0.3, 0.4) is 0 Å². The lowest BCUT2D eigenvalue weighted by Gasteiger charge is -2.21. The number of carbonyl (C=O) groups excluding carboxylic acids is 1. The molecule has 0 heterocycles. The van der Waals surface area contributed by atoms with Gasteiger partial charge in [-0.25, -0.2) is 4.79 Å². The topological polar surface area (TPSA) is 50.4 Å². The molecule has 1 unspecified atom stereocenters. The van der Waals surface area contributed by atoms with E-state index in [2.05, 4.69) is 10.6 Å². The van der Waals surface area contributed by atoms with Crippen molar-refractivity contribution in [1.29, 1.82) is 0 Å². The van der Waals surface area contributed by atoms with Gasteiger partial charge in [0.1, 0.15) is 5.60 Å². The van der Waals surface area contributed by atoms with E-state index in [1.807, 2.05) is 39.8 Å². The lowest BCUT2D eigenvalue weighted by atomic mass is 10.2. The molecule has 1 amide bonds. The third-order valence-corrected chi connectivity index (χ3v) is 3.48. The molecule has 4 nitrogen and oxygen atoms in total. The molecule has 0 saturated heterocycles. The lowest BCUT2D eigenvalue weighted by molar-refractivity contribution is 0.0523. The summed E-state index contributed by atoms with van der Waals surface area (Å²) in [6.45, 7) is 8.50. The van der Waals surface area contributed by atoms with E-state index in [0.717, 1.165) is 5.56 Å². The first-order valence-electron chi connectivity index (χ1n) is 6.82. The van der Waals surface area contributed by atoms with E-state index in [4.69, 9.17) is 27.9 Å². The van der Waals surface area contributed by atoms with Crippen LogP contribution in [0.15, 0.2) is 18.2 Å². The maximum absolute atomic E-state index is 11.5. The molecule has 0 aliphatic rings. The molecule has 0 aliphatic heterocycles. The summed E-state index contributed by atoms with van der Waals surface area (Å²) in [6, 6.07) is 5.60. The van der Waals surface area contributed by atoms with Gasteiger partial charge in [0.25, 0.3) is 0 Å². The van der Waals surface area contributed by atoms with Crippen molar-refractivity contribution in [2.24, 2.45) is 0 Å². The van der Waals surface area contributed by atoms with Crippen LogP contribution in [0.5, 0.6) is 0 Å². The third-order valence-electron chi connectivity index (χ3n) is 2.62. The Morgan fingerprint density at radius 2 is 2.00 bits per heavy atom. The van der Waals surface area contributed by atoms with Crippen LogP contribution in [0, 0.1) is 0 Å². The summed E-state index contributed by atoms with van der Waals surface area (Å²) in [6.07, 6.45) is -0.420. The predicted molar refractivity (Wildman–Crippen MR) is 87.0 cm³/mol. The summed E-state index contributed by atoms with van der Waals surface area (Å²) in [4.78, 5) is 11.5. The first-order chi connectivity index (χ1) is 9.69. The Bertz CT molecular complexity index is 487. The molecule has 0 spiro atoms. The van der Waals surface area contributed by atoms with Crippen molar-refractivity contribution in [2.45, 2.75) is 45.9 Å². The second-order valence-electron chi connectivity index (χ2n) is 5.88. The molecule has 1 aromatic carbocycles. The number of ether oxygens (including phenoxy) is 1. The first-order valence-corrected chi connectivity index (χ1v) is 7.58. The van der Waals surface area contributed by atoms with Crippen molar-refractivity contribution in [1.82, 2.24) is 10.6 Å². The van der Waals surface area contributed by atoms with E-state index in [0.29, 0.717) is 23.1 Å². The van der Waals surface area contributed by atoms with Crippen LogP contribution in [0.25, 0.3) is 0 Å². The number of hydrogen-bond acceptors (Lipinski definition) is 3. The molecule has 118 valence electrons. The molecular formula is C15H22Cl2N2O2. The zero-order chi connectivity index (χ0) is 16.0. The van der Waals surface area contributed by atoms with Crippen molar-refractivity contribution >= 4 is 29.3 Å². The standard InChI is InChI=1S/C15H22Cl2N2O2/c1-10(8-19-14(20)21-15(2,3)4)18-9-11-6-5-7-12(16)13(11)17/h5-7,10,18H,8-9H2,1-4H3,(H,19,20). The number of halogens is 2. The van der Waals surface area contributed by atoms with E-state index in [9.17, 15) is 4.79 Å². The number of benzene rings is 1. The van der Waals surface area contributed by atoms with Crippen molar-refractivity contribution < 1.29 is 9.53 Å². The molecule has 0 aromatic heterocycles. The molecule has 1 atom stereocenters. The molecule has 0 aliphatic carbocycles. The normalized spacial score (nSPS) is 12.9. The molecule has 0 fully saturated rings. The van der Waals surface area contributed by atoms with E-state index >= 15 is 0 Å². The highest BCUT2D eigenvalue weighted by Gasteiger charge is 2.16. The molecule has 2 N–H and O–H groups in total. The van der Waals surface area contributed by atoms with Crippen molar-refractivity contribution in [3.8, 4) is 0 Å². The summed E-state index contributed by atoms with van der Waals surface area (Å²) < 4.78 is 5.17. The van der Waals surface area contributed by atoms with Crippen LogP contribution in [0.4, 0.5) is 4.79 Å². The Morgan fingerprint density at radius 3 is 2.62 bits per heavy atom. The van der Waals surface area contributed by atoms with Gasteiger partial charge in [0.15, 0.2) is 0 Å². The molecular weight excluding hydrogens is 311 g/mol. The zero-order valence-corrected chi connectivity index (χ0v) is 14.3. The fourth-order valence-corrected chi connectivity index (χ4v) is 1.98. The van der Waals surface area contributed by atoms with Gasteiger partial charge in [-0.1, -0.05) is 35.3 Å². The Hall–Kier alpha value is -0.970. The van der Waals surface area contributed by atoms with Gasteiger partial charge in [0, 0.05) is 19.1 Å². The molecule has 21 heavy (non-hydrogen) atoms.